The largest absolute Gasteiger partial charge is 0.496 e. The van der Waals surface area contributed by atoms with Gasteiger partial charge in [0.05, 0.1) is 19.3 Å². The first-order valence-electron chi connectivity index (χ1n) is 14.5. The average Bonchev–Trinajstić information content (AvgIpc) is 2.96. The molecule has 0 bridgehead atoms. The van der Waals surface area contributed by atoms with Gasteiger partial charge in [-0.25, -0.2) is 4.79 Å². The molecule has 42 heavy (non-hydrogen) atoms. The lowest BCUT2D eigenvalue weighted by Crippen LogP contribution is -2.37. The Morgan fingerprint density at radius 3 is 2.19 bits per heavy atom. The normalized spacial score (nSPS) is 10.8. The smallest absolute Gasteiger partial charge is 0.415 e. The maximum Gasteiger partial charge on any atom is 0.415 e. The van der Waals surface area contributed by atoms with E-state index in [1.54, 1.807) is 18.2 Å². The zero-order valence-corrected chi connectivity index (χ0v) is 26.5. The van der Waals surface area contributed by atoms with Crippen molar-refractivity contribution in [1.29, 1.82) is 0 Å². The van der Waals surface area contributed by atoms with Crippen molar-refractivity contribution in [3.63, 3.8) is 0 Å². The number of aromatic nitrogens is 1. The predicted molar refractivity (Wildman–Crippen MR) is 174 cm³/mol. The van der Waals surface area contributed by atoms with E-state index in [2.05, 4.69) is 52.8 Å². The topological polar surface area (TPSA) is 63.7 Å². The Balaban J connectivity index is 0.00000237. The van der Waals surface area contributed by atoms with Crippen LogP contribution in [-0.2, 0) is 17.8 Å². The van der Waals surface area contributed by atoms with E-state index in [0.29, 0.717) is 0 Å². The van der Waals surface area contributed by atoms with E-state index < -0.39 is 11.7 Å². The molecule has 0 saturated carbocycles. The number of benzene rings is 3. The molecule has 0 radical (unpaired) electrons. The van der Waals surface area contributed by atoms with Crippen molar-refractivity contribution in [2.75, 3.05) is 17.3 Å². The molecule has 222 valence electrons. The van der Waals surface area contributed by atoms with Crippen molar-refractivity contribution in [3.8, 4) is 16.9 Å². The van der Waals surface area contributed by atoms with Gasteiger partial charge >= 0.3 is 6.09 Å². The highest BCUT2D eigenvalue weighted by molar-refractivity contribution is 5.89. The summed E-state index contributed by atoms with van der Waals surface area (Å²) in [5.74, 6) is 0.778. The van der Waals surface area contributed by atoms with Gasteiger partial charge in [-0.1, -0.05) is 62.4 Å². The van der Waals surface area contributed by atoms with E-state index in [-0.39, 0.29) is 6.54 Å². The summed E-state index contributed by atoms with van der Waals surface area (Å²) in [6, 6.07) is 24.8. The summed E-state index contributed by atoms with van der Waals surface area (Å²) >= 11 is 0. The molecule has 4 rings (SSSR count). The van der Waals surface area contributed by atoms with Gasteiger partial charge in [0.2, 0.25) is 0 Å². The predicted octanol–water partition coefficient (Wildman–Crippen LogP) is 9.26. The second-order valence-electron chi connectivity index (χ2n) is 11.1. The molecule has 0 unspecified atom stereocenters. The Labute approximate surface area is 251 Å². The SMILES string of the molecule is CC.COc1c(C)cnc(CN(C(=O)OC(C)(C)C)c2cc(C)cc(-c3ccc(NCc4ccccc4)cc3)c2)c1C. The standard InChI is InChI=1S/C34H39N3O3.C2H6/c1-23-17-28(27-13-15-29(16-14-27)35-21-26-11-9-8-10-12-26)19-30(18-23)37(33(38)40-34(4,5)6)22-31-25(3)32(39-7)24(2)20-36-31;1-2/h8-20,35H,21-22H2,1-7H3;1-2H3. The molecule has 4 aromatic rings. The zero-order chi connectivity index (χ0) is 30.9. The van der Waals surface area contributed by atoms with Crippen LogP contribution in [0.4, 0.5) is 16.2 Å². The van der Waals surface area contributed by atoms with Crippen LogP contribution in [0.1, 0.15) is 62.6 Å². The van der Waals surface area contributed by atoms with Crippen molar-refractivity contribution >= 4 is 17.5 Å². The number of amides is 1. The number of ether oxygens (including phenoxy) is 2. The molecule has 1 amide bonds. The maximum atomic E-state index is 13.5. The molecule has 0 aliphatic heterocycles. The molecule has 0 aliphatic rings. The van der Waals surface area contributed by atoms with Crippen LogP contribution in [-0.4, -0.2) is 23.8 Å². The first kappa shape index (κ1) is 32.2. The van der Waals surface area contributed by atoms with Gasteiger partial charge in [-0.3, -0.25) is 9.88 Å². The van der Waals surface area contributed by atoms with Crippen molar-refractivity contribution in [2.45, 2.75) is 74.1 Å². The lowest BCUT2D eigenvalue weighted by molar-refractivity contribution is 0.0577. The Hall–Kier alpha value is -4.32. The van der Waals surface area contributed by atoms with Crippen molar-refractivity contribution in [1.82, 2.24) is 4.98 Å². The van der Waals surface area contributed by atoms with Gasteiger partial charge in [0.1, 0.15) is 11.4 Å². The van der Waals surface area contributed by atoms with Crippen LogP contribution in [0.3, 0.4) is 0 Å². The Kier molecular flexibility index (Phi) is 11.1. The number of methoxy groups -OCH3 is 1. The molecule has 3 aromatic carbocycles. The van der Waals surface area contributed by atoms with Crippen LogP contribution in [0.5, 0.6) is 5.75 Å². The number of rotatable bonds is 8. The number of nitrogens with zero attached hydrogens (tertiary/aromatic N) is 2. The van der Waals surface area contributed by atoms with Crippen LogP contribution in [0, 0.1) is 20.8 Å². The molecule has 1 N–H and O–H groups in total. The summed E-state index contributed by atoms with van der Waals surface area (Å²) in [6.45, 7) is 16.6. The highest BCUT2D eigenvalue weighted by Gasteiger charge is 2.26. The molecular formula is C36H45N3O3. The van der Waals surface area contributed by atoms with E-state index in [0.717, 1.165) is 57.2 Å². The fourth-order valence-electron chi connectivity index (χ4n) is 4.62. The second-order valence-corrected chi connectivity index (χ2v) is 11.1. The minimum atomic E-state index is -0.641. The van der Waals surface area contributed by atoms with Gasteiger partial charge in [-0.05, 0) is 88.1 Å². The van der Waals surface area contributed by atoms with Crippen LogP contribution in [0.2, 0.25) is 0 Å². The third-order valence-corrected chi connectivity index (χ3v) is 6.60. The summed E-state index contributed by atoms with van der Waals surface area (Å²) in [7, 11) is 1.65. The first-order chi connectivity index (χ1) is 20.0. The van der Waals surface area contributed by atoms with Crippen LogP contribution >= 0.6 is 0 Å². The minimum Gasteiger partial charge on any atom is -0.496 e. The van der Waals surface area contributed by atoms with E-state index >= 15 is 0 Å². The van der Waals surface area contributed by atoms with Gasteiger partial charge in [0.15, 0.2) is 0 Å². The highest BCUT2D eigenvalue weighted by atomic mass is 16.6. The zero-order valence-electron chi connectivity index (χ0n) is 26.5. The van der Waals surface area contributed by atoms with Crippen LogP contribution in [0.25, 0.3) is 11.1 Å². The number of anilines is 2. The quantitative estimate of drug-likeness (QED) is 0.230. The fraction of sp³-hybridized carbons (Fsp3) is 0.333. The van der Waals surface area contributed by atoms with Crippen LogP contribution < -0.4 is 15.0 Å². The van der Waals surface area contributed by atoms with Gasteiger partial charge in [-0.2, -0.15) is 0 Å². The molecular weight excluding hydrogens is 522 g/mol. The summed E-state index contributed by atoms with van der Waals surface area (Å²) in [4.78, 5) is 19.8. The summed E-state index contributed by atoms with van der Waals surface area (Å²) < 4.78 is 11.4. The van der Waals surface area contributed by atoms with Crippen molar-refractivity contribution < 1.29 is 14.3 Å². The Morgan fingerprint density at radius 2 is 1.57 bits per heavy atom. The average molecular weight is 568 g/mol. The van der Waals surface area contributed by atoms with Gasteiger partial charge in [0, 0.05) is 35.2 Å². The van der Waals surface area contributed by atoms with Crippen molar-refractivity contribution in [3.05, 3.63) is 107 Å². The molecule has 1 heterocycles. The summed E-state index contributed by atoms with van der Waals surface area (Å²) in [6.07, 6.45) is 1.36. The Morgan fingerprint density at radius 1 is 0.905 bits per heavy atom. The molecule has 0 fully saturated rings. The van der Waals surface area contributed by atoms with E-state index in [1.165, 1.54) is 5.56 Å². The first-order valence-corrected chi connectivity index (χ1v) is 14.5. The number of hydrogen-bond donors (Lipinski definition) is 1. The Bertz CT molecular complexity index is 1460. The summed E-state index contributed by atoms with van der Waals surface area (Å²) in [5, 5.41) is 3.48. The van der Waals surface area contributed by atoms with Gasteiger partial charge in [-0.15, -0.1) is 0 Å². The lowest BCUT2D eigenvalue weighted by Gasteiger charge is -2.28. The minimum absolute atomic E-state index is 0.253. The monoisotopic (exact) mass is 567 g/mol. The number of pyridine rings is 1. The van der Waals surface area contributed by atoms with Gasteiger partial charge < -0.3 is 14.8 Å². The molecule has 1 aromatic heterocycles. The number of aryl methyl sites for hydroxylation is 2. The number of nitrogens with one attached hydrogen (secondary N) is 1. The lowest BCUT2D eigenvalue weighted by atomic mass is 10.0. The number of hydrogen-bond acceptors (Lipinski definition) is 5. The molecule has 0 atom stereocenters. The number of carbonyl (C=O) groups is 1. The van der Waals surface area contributed by atoms with E-state index in [9.17, 15) is 4.79 Å². The number of carbonyl (C=O) groups excluding carboxylic acids is 1. The third-order valence-electron chi connectivity index (χ3n) is 6.60. The molecule has 6 nitrogen and oxygen atoms in total. The molecule has 6 heteroatoms. The molecule has 0 aliphatic carbocycles. The summed E-state index contributed by atoms with van der Waals surface area (Å²) in [5.41, 5.74) is 8.11. The van der Waals surface area contributed by atoms with Crippen LogP contribution in [0.15, 0.2) is 79.0 Å². The molecule has 0 saturated heterocycles. The van der Waals surface area contributed by atoms with E-state index in [1.807, 2.05) is 85.7 Å². The maximum absolute atomic E-state index is 13.5. The molecule has 0 spiro atoms. The second kappa shape index (κ2) is 14.5. The van der Waals surface area contributed by atoms with Gasteiger partial charge in [0.25, 0.3) is 0 Å². The fourth-order valence-corrected chi connectivity index (χ4v) is 4.62. The van der Waals surface area contributed by atoms with Crippen molar-refractivity contribution in [2.24, 2.45) is 0 Å². The third kappa shape index (κ3) is 8.59. The highest BCUT2D eigenvalue weighted by Crippen LogP contribution is 2.31. The van der Waals surface area contributed by atoms with E-state index in [4.69, 9.17) is 9.47 Å².